The predicted molar refractivity (Wildman–Crippen MR) is 72.7 cm³/mol. The maximum Gasteiger partial charge on any atom is 0.295 e. The van der Waals surface area contributed by atoms with Gasteiger partial charge in [-0.25, -0.2) is 15.8 Å². The van der Waals surface area contributed by atoms with Gasteiger partial charge < -0.3 is 5.43 Å². The molecule has 2 rings (SSSR count). The van der Waals surface area contributed by atoms with E-state index in [1.807, 2.05) is 6.92 Å². The highest BCUT2D eigenvalue weighted by atomic mass is 16.6. The number of hydrogen-bond donors (Lipinski definition) is 2. The van der Waals surface area contributed by atoms with Crippen molar-refractivity contribution < 1.29 is 4.92 Å². The van der Waals surface area contributed by atoms with E-state index in [1.54, 1.807) is 13.0 Å². The standard InChI is InChI=1S/C12H15N5O2/c1-3-4-10-14-11-8(12(15-10)16-13)5-7(2)6-9(11)17(18)19/h5-6H,3-4,13H2,1-2H3,(H,14,15,16). The maximum atomic E-state index is 11.1. The molecular weight excluding hydrogens is 246 g/mol. The van der Waals surface area contributed by atoms with Crippen molar-refractivity contribution in [2.75, 3.05) is 5.43 Å². The normalized spacial score (nSPS) is 10.7. The lowest BCUT2D eigenvalue weighted by molar-refractivity contribution is -0.383. The average molecular weight is 261 g/mol. The smallest absolute Gasteiger partial charge is 0.295 e. The van der Waals surface area contributed by atoms with E-state index in [2.05, 4.69) is 15.4 Å². The van der Waals surface area contributed by atoms with Crippen molar-refractivity contribution in [2.45, 2.75) is 26.7 Å². The molecule has 7 heteroatoms. The van der Waals surface area contributed by atoms with Gasteiger partial charge in [0.1, 0.15) is 5.82 Å². The highest BCUT2D eigenvalue weighted by Gasteiger charge is 2.18. The molecule has 100 valence electrons. The van der Waals surface area contributed by atoms with Gasteiger partial charge in [-0.1, -0.05) is 6.92 Å². The Morgan fingerprint density at radius 1 is 1.42 bits per heavy atom. The Bertz CT molecular complexity index is 642. The van der Waals surface area contributed by atoms with E-state index in [9.17, 15) is 10.1 Å². The largest absolute Gasteiger partial charge is 0.308 e. The van der Waals surface area contributed by atoms with Crippen molar-refractivity contribution in [1.29, 1.82) is 0 Å². The number of nitrogens with one attached hydrogen (secondary N) is 1. The molecule has 0 saturated heterocycles. The van der Waals surface area contributed by atoms with Crippen molar-refractivity contribution in [3.05, 3.63) is 33.6 Å². The van der Waals surface area contributed by atoms with E-state index in [0.717, 1.165) is 12.0 Å². The van der Waals surface area contributed by atoms with Crippen molar-refractivity contribution in [3.63, 3.8) is 0 Å². The van der Waals surface area contributed by atoms with Crippen LogP contribution in [0.15, 0.2) is 12.1 Å². The number of hydrogen-bond acceptors (Lipinski definition) is 6. The third kappa shape index (κ3) is 2.45. The number of fused-ring (bicyclic) bond motifs is 1. The zero-order valence-electron chi connectivity index (χ0n) is 10.8. The van der Waals surface area contributed by atoms with Crippen LogP contribution in [0.1, 0.15) is 24.7 Å². The molecule has 0 aliphatic carbocycles. The molecule has 0 bridgehead atoms. The highest BCUT2D eigenvalue weighted by Crippen LogP contribution is 2.29. The number of non-ortho nitro benzene ring substituents is 1. The topological polar surface area (TPSA) is 107 Å². The number of benzene rings is 1. The fourth-order valence-corrected chi connectivity index (χ4v) is 1.99. The van der Waals surface area contributed by atoms with Gasteiger partial charge in [-0.15, -0.1) is 0 Å². The van der Waals surface area contributed by atoms with Gasteiger partial charge in [-0.05, 0) is 25.0 Å². The van der Waals surface area contributed by atoms with E-state index in [0.29, 0.717) is 29.0 Å². The summed E-state index contributed by atoms with van der Waals surface area (Å²) in [5.74, 6) is 6.41. The Morgan fingerprint density at radius 3 is 2.74 bits per heavy atom. The van der Waals surface area contributed by atoms with Gasteiger partial charge in [0, 0.05) is 12.5 Å². The van der Waals surface area contributed by atoms with Crippen LogP contribution in [0.25, 0.3) is 10.9 Å². The first-order chi connectivity index (χ1) is 9.06. The summed E-state index contributed by atoms with van der Waals surface area (Å²) in [6, 6.07) is 3.29. The molecular formula is C12H15N5O2. The number of nitro benzene ring substituents is 1. The van der Waals surface area contributed by atoms with Crippen LogP contribution in [0.2, 0.25) is 0 Å². The molecule has 0 spiro atoms. The molecule has 0 aliphatic rings. The zero-order valence-corrected chi connectivity index (χ0v) is 10.8. The summed E-state index contributed by atoms with van der Waals surface area (Å²) in [7, 11) is 0. The number of nitrogen functional groups attached to an aromatic ring is 1. The fraction of sp³-hybridized carbons (Fsp3) is 0.333. The number of aryl methyl sites for hydroxylation is 2. The fourth-order valence-electron chi connectivity index (χ4n) is 1.99. The second kappa shape index (κ2) is 5.15. The van der Waals surface area contributed by atoms with Crippen LogP contribution in [-0.4, -0.2) is 14.9 Å². The number of nitro groups is 1. The molecule has 0 aliphatic heterocycles. The number of anilines is 1. The number of aromatic nitrogens is 2. The quantitative estimate of drug-likeness (QED) is 0.495. The van der Waals surface area contributed by atoms with E-state index in [1.165, 1.54) is 6.07 Å². The van der Waals surface area contributed by atoms with Gasteiger partial charge in [-0.2, -0.15) is 0 Å². The minimum atomic E-state index is -0.432. The second-order valence-corrected chi connectivity index (χ2v) is 4.32. The minimum Gasteiger partial charge on any atom is -0.308 e. The first-order valence-electron chi connectivity index (χ1n) is 5.99. The maximum absolute atomic E-state index is 11.1. The lowest BCUT2D eigenvalue weighted by Gasteiger charge is -2.08. The number of nitrogens with two attached hydrogens (primary N) is 1. The first-order valence-corrected chi connectivity index (χ1v) is 5.99. The second-order valence-electron chi connectivity index (χ2n) is 4.32. The minimum absolute atomic E-state index is 0.0220. The molecule has 1 aromatic heterocycles. The van der Waals surface area contributed by atoms with E-state index in [4.69, 9.17) is 5.84 Å². The van der Waals surface area contributed by atoms with Gasteiger partial charge in [-0.3, -0.25) is 10.1 Å². The molecule has 19 heavy (non-hydrogen) atoms. The molecule has 0 amide bonds. The van der Waals surface area contributed by atoms with Gasteiger partial charge in [0.05, 0.1) is 10.3 Å². The summed E-state index contributed by atoms with van der Waals surface area (Å²) < 4.78 is 0. The van der Waals surface area contributed by atoms with Gasteiger partial charge in [0.25, 0.3) is 5.69 Å². The van der Waals surface area contributed by atoms with Gasteiger partial charge in [0.2, 0.25) is 0 Å². The molecule has 0 atom stereocenters. The number of nitrogens with zero attached hydrogens (tertiary/aromatic N) is 3. The first kappa shape index (κ1) is 13.2. The molecule has 1 aromatic carbocycles. The Morgan fingerprint density at radius 2 is 2.16 bits per heavy atom. The molecule has 1 heterocycles. The van der Waals surface area contributed by atoms with Crippen LogP contribution in [0, 0.1) is 17.0 Å². The average Bonchev–Trinajstić information content (AvgIpc) is 2.37. The summed E-state index contributed by atoms with van der Waals surface area (Å²) in [5.41, 5.74) is 3.55. The molecule has 0 saturated carbocycles. The SMILES string of the molecule is CCCc1nc(NN)c2cc(C)cc([N+](=O)[O-])c2n1. The zero-order chi connectivity index (χ0) is 14.0. The third-order valence-electron chi connectivity index (χ3n) is 2.78. The van der Waals surface area contributed by atoms with Crippen molar-refractivity contribution in [1.82, 2.24) is 9.97 Å². The summed E-state index contributed by atoms with van der Waals surface area (Å²) >= 11 is 0. The number of hydrazine groups is 1. The van der Waals surface area contributed by atoms with Crippen LogP contribution >= 0.6 is 0 Å². The van der Waals surface area contributed by atoms with Crippen LogP contribution in [0.5, 0.6) is 0 Å². The van der Waals surface area contributed by atoms with Crippen LogP contribution in [-0.2, 0) is 6.42 Å². The molecule has 0 fully saturated rings. The van der Waals surface area contributed by atoms with E-state index in [-0.39, 0.29) is 5.69 Å². The number of rotatable bonds is 4. The molecule has 0 unspecified atom stereocenters. The predicted octanol–water partition coefficient (Wildman–Crippen LogP) is 2.08. The Balaban J connectivity index is 2.81. The Hall–Kier alpha value is -2.28. The summed E-state index contributed by atoms with van der Waals surface area (Å²) in [6.45, 7) is 3.78. The van der Waals surface area contributed by atoms with Crippen molar-refractivity contribution >= 4 is 22.4 Å². The van der Waals surface area contributed by atoms with Gasteiger partial charge in [0.15, 0.2) is 11.3 Å². The van der Waals surface area contributed by atoms with Crippen LogP contribution < -0.4 is 11.3 Å². The summed E-state index contributed by atoms with van der Waals surface area (Å²) in [6.07, 6.45) is 1.50. The summed E-state index contributed by atoms with van der Waals surface area (Å²) in [4.78, 5) is 19.3. The van der Waals surface area contributed by atoms with Crippen molar-refractivity contribution in [3.8, 4) is 0 Å². The lowest BCUT2D eigenvalue weighted by atomic mass is 10.1. The summed E-state index contributed by atoms with van der Waals surface area (Å²) in [5, 5.41) is 11.7. The lowest BCUT2D eigenvalue weighted by Crippen LogP contribution is -2.12. The molecule has 7 nitrogen and oxygen atoms in total. The van der Waals surface area contributed by atoms with Crippen LogP contribution in [0.3, 0.4) is 0 Å². The van der Waals surface area contributed by atoms with E-state index >= 15 is 0 Å². The van der Waals surface area contributed by atoms with E-state index < -0.39 is 4.92 Å². The molecule has 0 radical (unpaired) electrons. The Labute approximate surface area is 110 Å². The molecule has 2 aromatic rings. The van der Waals surface area contributed by atoms with Crippen LogP contribution in [0.4, 0.5) is 11.5 Å². The highest BCUT2D eigenvalue weighted by molar-refractivity contribution is 5.95. The van der Waals surface area contributed by atoms with Gasteiger partial charge >= 0.3 is 0 Å². The Kier molecular flexibility index (Phi) is 3.57. The monoisotopic (exact) mass is 261 g/mol. The molecule has 3 N–H and O–H groups in total. The third-order valence-corrected chi connectivity index (χ3v) is 2.78. The van der Waals surface area contributed by atoms with Crippen molar-refractivity contribution in [2.24, 2.45) is 5.84 Å².